The van der Waals surface area contributed by atoms with Crippen LogP contribution in [0.1, 0.15) is 38.7 Å². The molecule has 1 saturated heterocycles. The zero-order valence-corrected chi connectivity index (χ0v) is 13.8. The van der Waals surface area contributed by atoms with Crippen LogP contribution in [0.4, 0.5) is 4.39 Å². The summed E-state index contributed by atoms with van der Waals surface area (Å²) < 4.78 is 12.9. The number of likely N-dealkylation sites (tertiary alicyclic amines) is 1. The van der Waals surface area contributed by atoms with Gasteiger partial charge in [-0.2, -0.15) is 0 Å². The molecule has 1 aromatic rings. The number of carbonyl (C=O) groups is 2. The highest BCUT2D eigenvalue weighted by Crippen LogP contribution is 2.13. The van der Waals surface area contributed by atoms with E-state index >= 15 is 0 Å². The van der Waals surface area contributed by atoms with Gasteiger partial charge in [-0.1, -0.05) is 26.0 Å². The maximum absolute atomic E-state index is 12.9. The Morgan fingerprint density at radius 2 is 2.04 bits per heavy atom. The molecule has 126 valence electrons. The summed E-state index contributed by atoms with van der Waals surface area (Å²) in [6.45, 7) is 5.34. The number of nitrogens with one attached hydrogen (secondary N) is 1. The number of halogens is 1. The Labute approximate surface area is 137 Å². The van der Waals surface area contributed by atoms with Gasteiger partial charge in [0.1, 0.15) is 5.82 Å². The van der Waals surface area contributed by atoms with Gasteiger partial charge in [0.25, 0.3) is 0 Å². The normalized spacial score (nSPS) is 17.8. The van der Waals surface area contributed by atoms with Crippen molar-refractivity contribution in [3.05, 3.63) is 35.6 Å². The first kappa shape index (κ1) is 17.4. The molecular weight excluding hydrogens is 295 g/mol. The van der Waals surface area contributed by atoms with Crippen LogP contribution in [-0.2, 0) is 16.0 Å². The van der Waals surface area contributed by atoms with Crippen LogP contribution >= 0.6 is 0 Å². The third-order valence-electron chi connectivity index (χ3n) is 4.11. The number of nitrogens with zero attached hydrogens (tertiary/aromatic N) is 1. The van der Waals surface area contributed by atoms with Gasteiger partial charge in [0.15, 0.2) is 0 Å². The van der Waals surface area contributed by atoms with Crippen molar-refractivity contribution in [2.45, 2.75) is 45.6 Å². The van der Waals surface area contributed by atoms with E-state index in [4.69, 9.17) is 0 Å². The largest absolute Gasteiger partial charge is 0.351 e. The molecule has 0 bridgehead atoms. The molecule has 0 aliphatic carbocycles. The van der Waals surface area contributed by atoms with Crippen LogP contribution in [0.5, 0.6) is 0 Å². The maximum Gasteiger partial charge on any atom is 0.224 e. The van der Waals surface area contributed by atoms with Gasteiger partial charge in [-0.3, -0.25) is 9.59 Å². The van der Waals surface area contributed by atoms with Gasteiger partial charge in [0.05, 0.1) is 6.04 Å². The smallest absolute Gasteiger partial charge is 0.224 e. The minimum absolute atomic E-state index is 0.0249. The molecule has 0 unspecified atom stereocenters. The van der Waals surface area contributed by atoms with E-state index in [1.165, 1.54) is 12.1 Å². The lowest BCUT2D eigenvalue weighted by atomic mass is 10.1. The number of carbonyl (C=O) groups excluding carboxylic acids is 2. The number of rotatable bonds is 7. The van der Waals surface area contributed by atoms with E-state index in [1.54, 1.807) is 17.0 Å². The number of amides is 2. The molecule has 2 rings (SSSR count). The molecule has 0 radical (unpaired) electrons. The minimum atomic E-state index is -0.254. The van der Waals surface area contributed by atoms with Crippen molar-refractivity contribution in [3.63, 3.8) is 0 Å². The first-order chi connectivity index (χ1) is 10.9. The highest BCUT2D eigenvalue weighted by atomic mass is 19.1. The molecule has 0 aromatic heterocycles. The molecular formula is C18H25FN2O2. The lowest BCUT2D eigenvalue weighted by Crippen LogP contribution is -2.37. The molecule has 1 fully saturated rings. The van der Waals surface area contributed by atoms with Crippen LogP contribution in [0.25, 0.3) is 0 Å². The van der Waals surface area contributed by atoms with Crippen molar-refractivity contribution in [3.8, 4) is 0 Å². The predicted molar refractivity (Wildman–Crippen MR) is 87.3 cm³/mol. The van der Waals surface area contributed by atoms with Gasteiger partial charge in [-0.05, 0) is 36.5 Å². The van der Waals surface area contributed by atoms with E-state index < -0.39 is 0 Å². The lowest BCUT2D eigenvalue weighted by Gasteiger charge is -2.17. The van der Waals surface area contributed by atoms with Crippen LogP contribution in [0, 0.1) is 11.7 Å². The fourth-order valence-electron chi connectivity index (χ4n) is 2.72. The summed E-state index contributed by atoms with van der Waals surface area (Å²) in [5.41, 5.74) is 1.00. The minimum Gasteiger partial charge on any atom is -0.351 e. The van der Waals surface area contributed by atoms with E-state index in [-0.39, 0.29) is 23.7 Å². The number of benzene rings is 1. The van der Waals surface area contributed by atoms with Gasteiger partial charge in [-0.15, -0.1) is 0 Å². The molecule has 2 amide bonds. The zero-order chi connectivity index (χ0) is 16.8. The van der Waals surface area contributed by atoms with Crippen LogP contribution in [0.15, 0.2) is 24.3 Å². The van der Waals surface area contributed by atoms with Crippen molar-refractivity contribution in [1.82, 2.24) is 10.2 Å². The highest BCUT2D eigenvalue weighted by molar-refractivity contribution is 5.82. The Hall–Kier alpha value is -1.91. The Kier molecular flexibility index (Phi) is 6.13. The van der Waals surface area contributed by atoms with Gasteiger partial charge >= 0.3 is 0 Å². The molecule has 1 heterocycles. The SMILES string of the molecule is CC(C)CCC(=O)N[C@H]1CC(=O)N(CCc2ccc(F)cc2)C1. The number of hydrogen-bond acceptors (Lipinski definition) is 2. The highest BCUT2D eigenvalue weighted by Gasteiger charge is 2.30. The average molecular weight is 320 g/mol. The van der Waals surface area contributed by atoms with Crippen molar-refractivity contribution in [1.29, 1.82) is 0 Å². The van der Waals surface area contributed by atoms with Gasteiger partial charge in [-0.25, -0.2) is 4.39 Å². The van der Waals surface area contributed by atoms with Crippen LogP contribution in [0.3, 0.4) is 0 Å². The van der Waals surface area contributed by atoms with Crippen molar-refractivity contribution >= 4 is 11.8 Å². The predicted octanol–water partition coefficient (Wildman–Crippen LogP) is 2.52. The van der Waals surface area contributed by atoms with E-state index in [2.05, 4.69) is 19.2 Å². The second kappa shape index (κ2) is 8.09. The van der Waals surface area contributed by atoms with Gasteiger partial charge in [0, 0.05) is 25.9 Å². The molecule has 1 N–H and O–H groups in total. The van der Waals surface area contributed by atoms with Crippen molar-refractivity contribution in [2.75, 3.05) is 13.1 Å². The first-order valence-corrected chi connectivity index (χ1v) is 8.25. The van der Waals surface area contributed by atoms with Crippen LogP contribution < -0.4 is 5.32 Å². The van der Waals surface area contributed by atoms with Crippen LogP contribution in [-0.4, -0.2) is 35.8 Å². The molecule has 0 saturated carbocycles. The Morgan fingerprint density at radius 1 is 1.35 bits per heavy atom. The van der Waals surface area contributed by atoms with E-state index in [1.807, 2.05) is 0 Å². The maximum atomic E-state index is 12.9. The molecule has 1 aromatic carbocycles. The summed E-state index contributed by atoms with van der Waals surface area (Å²) in [6, 6.07) is 6.25. The summed E-state index contributed by atoms with van der Waals surface area (Å²) in [5, 5.41) is 2.95. The average Bonchev–Trinajstić information content (AvgIpc) is 2.84. The molecule has 4 nitrogen and oxygen atoms in total. The van der Waals surface area contributed by atoms with E-state index in [0.29, 0.717) is 38.3 Å². The fourth-order valence-corrected chi connectivity index (χ4v) is 2.72. The summed E-state index contributed by atoms with van der Waals surface area (Å²) in [6.07, 6.45) is 2.44. The monoisotopic (exact) mass is 320 g/mol. The van der Waals surface area contributed by atoms with E-state index in [9.17, 15) is 14.0 Å². The lowest BCUT2D eigenvalue weighted by molar-refractivity contribution is -0.127. The van der Waals surface area contributed by atoms with Gasteiger partial charge < -0.3 is 10.2 Å². The van der Waals surface area contributed by atoms with Crippen molar-refractivity contribution < 1.29 is 14.0 Å². The molecule has 1 aliphatic heterocycles. The van der Waals surface area contributed by atoms with Crippen molar-refractivity contribution in [2.24, 2.45) is 5.92 Å². The Morgan fingerprint density at radius 3 is 2.70 bits per heavy atom. The van der Waals surface area contributed by atoms with E-state index in [0.717, 1.165) is 12.0 Å². The second-order valence-electron chi connectivity index (χ2n) is 6.62. The third-order valence-corrected chi connectivity index (χ3v) is 4.11. The molecule has 1 aliphatic rings. The summed E-state index contributed by atoms with van der Waals surface area (Å²) >= 11 is 0. The second-order valence-corrected chi connectivity index (χ2v) is 6.62. The topological polar surface area (TPSA) is 49.4 Å². The standard InChI is InChI=1S/C18H25FN2O2/c1-13(2)3-8-17(22)20-16-11-18(23)21(12-16)10-9-14-4-6-15(19)7-5-14/h4-7,13,16H,3,8-12H2,1-2H3,(H,20,22)/t16-/m0/s1. The fraction of sp³-hybridized carbons (Fsp3) is 0.556. The summed E-state index contributed by atoms with van der Waals surface area (Å²) in [4.78, 5) is 25.6. The number of hydrogen-bond donors (Lipinski definition) is 1. The molecule has 23 heavy (non-hydrogen) atoms. The molecule has 5 heteroatoms. The third kappa shape index (κ3) is 5.66. The summed E-state index contributed by atoms with van der Waals surface area (Å²) in [5.74, 6) is 0.339. The zero-order valence-electron chi connectivity index (χ0n) is 13.8. The van der Waals surface area contributed by atoms with Gasteiger partial charge in [0.2, 0.25) is 11.8 Å². The Bertz CT molecular complexity index is 542. The molecule has 0 spiro atoms. The quantitative estimate of drug-likeness (QED) is 0.839. The Balaban J connectivity index is 1.76. The first-order valence-electron chi connectivity index (χ1n) is 8.25. The molecule has 1 atom stereocenters. The van der Waals surface area contributed by atoms with Crippen LogP contribution in [0.2, 0.25) is 0 Å². The summed E-state index contributed by atoms with van der Waals surface area (Å²) in [7, 11) is 0.